The maximum Gasteiger partial charge on any atom is 0.416 e. The Hall–Kier alpha value is -1.89. The molecular formula is C13H13F4N3. The zero-order valence-electron chi connectivity index (χ0n) is 10.7. The Morgan fingerprint density at radius 1 is 1.35 bits per heavy atom. The summed E-state index contributed by atoms with van der Waals surface area (Å²) in [6, 6.07) is 1.23. The van der Waals surface area contributed by atoms with Gasteiger partial charge in [0.1, 0.15) is 5.82 Å². The summed E-state index contributed by atoms with van der Waals surface area (Å²) in [4.78, 5) is 0. The van der Waals surface area contributed by atoms with Gasteiger partial charge in [-0.2, -0.15) is 18.3 Å². The van der Waals surface area contributed by atoms with E-state index in [9.17, 15) is 17.6 Å². The molecular weight excluding hydrogens is 274 g/mol. The highest BCUT2D eigenvalue weighted by molar-refractivity contribution is 5.34. The van der Waals surface area contributed by atoms with Crippen LogP contribution in [0.5, 0.6) is 0 Å². The van der Waals surface area contributed by atoms with Crippen LogP contribution in [0, 0.1) is 5.82 Å². The molecule has 0 spiro atoms. The van der Waals surface area contributed by atoms with Gasteiger partial charge in [-0.3, -0.25) is 4.68 Å². The van der Waals surface area contributed by atoms with Crippen LogP contribution in [0.15, 0.2) is 30.6 Å². The van der Waals surface area contributed by atoms with Gasteiger partial charge in [0, 0.05) is 23.9 Å². The average Bonchev–Trinajstić information content (AvgIpc) is 2.86. The lowest BCUT2D eigenvalue weighted by Crippen LogP contribution is -2.15. The second kappa shape index (κ2) is 5.24. The third kappa shape index (κ3) is 2.82. The van der Waals surface area contributed by atoms with Crippen LogP contribution in [0.4, 0.5) is 17.6 Å². The highest BCUT2D eigenvalue weighted by Gasteiger charge is 2.32. The first-order valence-electron chi connectivity index (χ1n) is 5.97. The SMILES string of the molecule is CCn1cc(C(N)c2cc(C(F)(F)F)ccc2F)cn1. The lowest BCUT2D eigenvalue weighted by molar-refractivity contribution is -0.137. The fourth-order valence-corrected chi connectivity index (χ4v) is 1.85. The minimum absolute atomic E-state index is 0.199. The Kier molecular flexibility index (Phi) is 3.80. The van der Waals surface area contributed by atoms with E-state index in [0.717, 1.165) is 12.1 Å². The topological polar surface area (TPSA) is 43.8 Å². The number of halogens is 4. The number of hydrogen-bond acceptors (Lipinski definition) is 2. The molecule has 0 bridgehead atoms. The van der Waals surface area contributed by atoms with Crippen molar-refractivity contribution in [3.05, 3.63) is 53.1 Å². The quantitative estimate of drug-likeness (QED) is 0.881. The Labute approximate surface area is 113 Å². The number of nitrogens with zero attached hydrogens (tertiary/aromatic N) is 2. The maximum absolute atomic E-state index is 13.7. The van der Waals surface area contributed by atoms with E-state index in [1.165, 1.54) is 6.20 Å². The van der Waals surface area contributed by atoms with Gasteiger partial charge in [-0.25, -0.2) is 4.39 Å². The molecule has 108 valence electrons. The van der Waals surface area contributed by atoms with Crippen molar-refractivity contribution in [1.82, 2.24) is 9.78 Å². The fraction of sp³-hybridized carbons (Fsp3) is 0.308. The number of nitrogens with two attached hydrogens (primary N) is 1. The van der Waals surface area contributed by atoms with Crippen molar-refractivity contribution < 1.29 is 17.6 Å². The van der Waals surface area contributed by atoms with Crippen molar-refractivity contribution in [1.29, 1.82) is 0 Å². The maximum atomic E-state index is 13.7. The van der Waals surface area contributed by atoms with Crippen LogP contribution >= 0.6 is 0 Å². The second-order valence-electron chi connectivity index (χ2n) is 4.34. The summed E-state index contributed by atoms with van der Waals surface area (Å²) in [5, 5.41) is 3.97. The summed E-state index contributed by atoms with van der Waals surface area (Å²) in [6.07, 6.45) is -1.52. The summed E-state index contributed by atoms with van der Waals surface area (Å²) in [5.41, 5.74) is 5.18. The molecule has 2 N–H and O–H groups in total. The van der Waals surface area contributed by atoms with E-state index in [4.69, 9.17) is 5.73 Å². The van der Waals surface area contributed by atoms with Crippen molar-refractivity contribution in [2.45, 2.75) is 25.7 Å². The van der Waals surface area contributed by atoms with E-state index in [0.29, 0.717) is 18.2 Å². The van der Waals surface area contributed by atoms with Gasteiger partial charge < -0.3 is 5.73 Å². The minimum Gasteiger partial charge on any atom is -0.320 e. The first kappa shape index (κ1) is 14.5. The largest absolute Gasteiger partial charge is 0.416 e. The third-order valence-electron chi connectivity index (χ3n) is 2.99. The number of aryl methyl sites for hydroxylation is 1. The zero-order valence-corrected chi connectivity index (χ0v) is 10.7. The molecule has 1 heterocycles. The molecule has 0 aliphatic carbocycles. The molecule has 0 fully saturated rings. The minimum atomic E-state index is -4.53. The van der Waals surface area contributed by atoms with Crippen molar-refractivity contribution in [3.63, 3.8) is 0 Å². The van der Waals surface area contributed by atoms with Crippen LogP contribution in [0.1, 0.15) is 29.7 Å². The van der Waals surface area contributed by atoms with E-state index < -0.39 is 23.6 Å². The summed E-state index contributed by atoms with van der Waals surface area (Å²) in [6.45, 7) is 2.45. The van der Waals surface area contributed by atoms with Crippen molar-refractivity contribution in [2.75, 3.05) is 0 Å². The Morgan fingerprint density at radius 2 is 2.05 bits per heavy atom. The van der Waals surface area contributed by atoms with Gasteiger partial charge >= 0.3 is 6.18 Å². The highest BCUT2D eigenvalue weighted by Crippen LogP contribution is 2.32. The predicted octanol–water partition coefficient (Wildman–Crippen LogP) is 3.11. The van der Waals surface area contributed by atoms with E-state index >= 15 is 0 Å². The molecule has 0 aliphatic rings. The molecule has 2 rings (SSSR count). The number of rotatable bonds is 3. The fourth-order valence-electron chi connectivity index (χ4n) is 1.85. The molecule has 0 saturated heterocycles. The van der Waals surface area contributed by atoms with Crippen LogP contribution in [0.2, 0.25) is 0 Å². The molecule has 2 aromatic rings. The Balaban J connectivity index is 2.40. The molecule has 20 heavy (non-hydrogen) atoms. The Morgan fingerprint density at radius 3 is 2.60 bits per heavy atom. The second-order valence-corrected chi connectivity index (χ2v) is 4.34. The summed E-state index contributed by atoms with van der Waals surface area (Å²) in [5.74, 6) is -0.769. The molecule has 0 aliphatic heterocycles. The standard InChI is InChI=1S/C13H13F4N3/c1-2-20-7-8(6-19-20)12(18)10-5-9(13(15,16)17)3-4-11(10)14/h3-7,12H,2,18H2,1H3. The summed E-state index contributed by atoms with van der Waals surface area (Å²) in [7, 11) is 0. The number of hydrogen-bond donors (Lipinski definition) is 1. The molecule has 7 heteroatoms. The number of alkyl halides is 3. The van der Waals surface area contributed by atoms with Gasteiger partial charge in [0.05, 0.1) is 17.8 Å². The molecule has 1 aromatic carbocycles. The van der Waals surface area contributed by atoms with E-state index in [1.807, 2.05) is 6.92 Å². The third-order valence-corrected chi connectivity index (χ3v) is 2.99. The molecule has 0 saturated carbocycles. The lowest BCUT2D eigenvalue weighted by atomic mass is 9.99. The average molecular weight is 287 g/mol. The molecule has 1 unspecified atom stereocenters. The monoisotopic (exact) mass is 287 g/mol. The predicted molar refractivity (Wildman–Crippen MR) is 65.3 cm³/mol. The van der Waals surface area contributed by atoms with Crippen LogP contribution in [-0.4, -0.2) is 9.78 Å². The Bertz CT molecular complexity index is 604. The van der Waals surface area contributed by atoms with Gasteiger partial charge in [0.25, 0.3) is 0 Å². The summed E-state index contributed by atoms with van der Waals surface area (Å²) >= 11 is 0. The zero-order chi connectivity index (χ0) is 14.9. The molecule has 0 amide bonds. The summed E-state index contributed by atoms with van der Waals surface area (Å²) < 4.78 is 53.2. The van der Waals surface area contributed by atoms with Gasteiger partial charge in [-0.05, 0) is 25.1 Å². The van der Waals surface area contributed by atoms with E-state index in [-0.39, 0.29) is 5.56 Å². The molecule has 1 aromatic heterocycles. The lowest BCUT2D eigenvalue weighted by Gasteiger charge is -2.14. The van der Waals surface area contributed by atoms with Gasteiger partial charge in [-0.1, -0.05) is 0 Å². The van der Waals surface area contributed by atoms with Crippen molar-refractivity contribution >= 4 is 0 Å². The highest BCUT2D eigenvalue weighted by atomic mass is 19.4. The van der Waals surface area contributed by atoms with Crippen LogP contribution in [0.3, 0.4) is 0 Å². The molecule has 0 radical (unpaired) electrons. The van der Waals surface area contributed by atoms with Crippen molar-refractivity contribution in [2.24, 2.45) is 5.73 Å². The first-order chi connectivity index (χ1) is 9.32. The number of aromatic nitrogens is 2. The van der Waals surface area contributed by atoms with Crippen LogP contribution in [-0.2, 0) is 12.7 Å². The van der Waals surface area contributed by atoms with Crippen molar-refractivity contribution in [3.8, 4) is 0 Å². The van der Waals surface area contributed by atoms with E-state index in [2.05, 4.69) is 5.10 Å². The number of benzene rings is 1. The first-order valence-corrected chi connectivity index (χ1v) is 5.97. The molecule has 3 nitrogen and oxygen atoms in total. The van der Waals surface area contributed by atoms with E-state index in [1.54, 1.807) is 10.9 Å². The van der Waals surface area contributed by atoms with Gasteiger partial charge in [0.2, 0.25) is 0 Å². The normalized spacial score (nSPS) is 13.5. The molecule has 1 atom stereocenters. The van der Waals surface area contributed by atoms with Crippen LogP contribution in [0.25, 0.3) is 0 Å². The van der Waals surface area contributed by atoms with Crippen LogP contribution < -0.4 is 5.73 Å². The van der Waals surface area contributed by atoms with Gasteiger partial charge in [-0.15, -0.1) is 0 Å². The smallest absolute Gasteiger partial charge is 0.320 e. The van der Waals surface area contributed by atoms with Gasteiger partial charge in [0.15, 0.2) is 0 Å².